The molecule has 0 fully saturated rings. The van der Waals surface area contributed by atoms with E-state index in [0.717, 1.165) is 41.3 Å². The average Bonchev–Trinajstić information content (AvgIpc) is 2.97. The second kappa shape index (κ2) is 16.3. The minimum atomic E-state index is -1.19. The van der Waals surface area contributed by atoms with Crippen LogP contribution >= 0.6 is 0 Å². The highest BCUT2D eigenvalue weighted by molar-refractivity contribution is 5.88. The highest BCUT2D eigenvalue weighted by Gasteiger charge is 2.27. The quantitative estimate of drug-likeness (QED) is 0.119. The van der Waals surface area contributed by atoms with Crippen LogP contribution < -0.4 is 11.1 Å². The molecule has 10 heteroatoms. The molecule has 0 aliphatic carbocycles. The SMILES string of the molecule is CCc1cccc(CN(C[C@@H](O)[C@@H](N)Cc2cc(F)cc(F)c2)C(=N)[C@H](CCC=O)NC(=O)OCc2ccccc2)c1. The number of aryl methyl sites for hydroxylation is 1. The van der Waals surface area contributed by atoms with Crippen molar-refractivity contribution in [2.45, 2.75) is 63.9 Å². The van der Waals surface area contributed by atoms with Crippen molar-refractivity contribution < 1.29 is 28.2 Å². The fraction of sp³-hybridized carbons (Fsp3) is 0.344. The Labute approximate surface area is 245 Å². The first-order valence-electron chi connectivity index (χ1n) is 13.9. The first-order chi connectivity index (χ1) is 20.2. The number of halogens is 2. The molecule has 0 aliphatic rings. The van der Waals surface area contributed by atoms with Crippen molar-refractivity contribution in [3.05, 3.63) is 107 Å². The van der Waals surface area contributed by atoms with Gasteiger partial charge in [0.25, 0.3) is 0 Å². The van der Waals surface area contributed by atoms with Crippen LogP contribution in [0.25, 0.3) is 0 Å². The lowest BCUT2D eigenvalue weighted by Gasteiger charge is -2.33. The van der Waals surface area contributed by atoms with Gasteiger partial charge in [-0.2, -0.15) is 0 Å². The molecule has 42 heavy (non-hydrogen) atoms. The van der Waals surface area contributed by atoms with Crippen LogP contribution in [0.2, 0.25) is 0 Å². The van der Waals surface area contributed by atoms with E-state index in [0.29, 0.717) is 11.8 Å². The second-order valence-electron chi connectivity index (χ2n) is 10.2. The fourth-order valence-electron chi connectivity index (χ4n) is 4.55. The van der Waals surface area contributed by atoms with Gasteiger partial charge in [0.2, 0.25) is 0 Å². The Morgan fingerprint density at radius 1 is 1.02 bits per heavy atom. The van der Waals surface area contributed by atoms with Gasteiger partial charge in [-0.05, 0) is 53.6 Å². The van der Waals surface area contributed by atoms with Crippen LogP contribution in [0.4, 0.5) is 13.6 Å². The maximum absolute atomic E-state index is 13.7. The number of aliphatic hydroxyl groups is 1. The van der Waals surface area contributed by atoms with Gasteiger partial charge in [0.05, 0.1) is 12.1 Å². The zero-order valence-electron chi connectivity index (χ0n) is 23.6. The number of hydrogen-bond acceptors (Lipinski definition) is 6. The summed E-state index contributed by atoms with van der Waals surface area (Å²) >= 11 is 0. The molecular weight excluding hydrogens is 542 g/mol. The summed E-state index contributed by atoms with van der Waals surface area (Å²) in [5, 5.41) is 22.7. The number of aliphatic hydroxyl groups excluding tert-OH is 1. The van der Waals surface area contributed by atoms with Crippen LogP contribution in [0.1, 0.15) is 42.0 Å². The molecule has 5 N–H and O–H groups in total. The van der Waals surface area contributed by atoms with Crippen molar-refractivity contribution >= 4 is 18.2 Å². The predicted molar refractivity (Wildman–Crippen MR) is 157 cm³/mol. The van der Waals surface area contributed by atoms with Crippen molar-refractivity contribution in [2.75, 3.05) is 6.54 Å². The average molecular weight is 581 g/mol. The largest absolute Gasteiger partial charge is 0.445 e. The number of benzene rings is 3. The molecular formula is C32H38F2N4O4. The Morgan fingerprint density at radius 2 is 1.69 bits per heavy atom. The molecule has 3 aromatic carbocycles. The number of ether oxygens (including phenoxy) is 1. The predicted octanol–water partition coefficient (Wildman–Crippen LogP) is 4.51. The molecule has 0 heterocycles. The van der Waals surface area contributed by atoms with Gasteiger partial charge >= 0.3 is 6.09 Å². The van der Waals surface area contributed by atoms with E-state index in [-0.39, 0.29) is 44.8 Å². The number of carbonyl (C=O) groups is 2. The number of amidine groups is 1. The summed E-state index contributed by atoms with van der Waals surface area (Å²) in [4.78, 5) is 25.5. The minimum absolute atomic E-state index is 0.000964. The summed E-state index contributed by atoms with van der Waals surface area (Å²) < 4.78 is 32.7. The number of alkyl carbamates (subject to hydrolysis) is 1. The number of hydrogen-bond donors (Lipinski definition) is 4. The third-order valence-electron chi connectivity index (χ3n) is 6.82. The van der Waals surface area contributed by atoms with Crippen LogP contribution in [0.3, 0.4) is 0 Å². The minimum Gasteiger partial charge on any atom is -0.445 e. The van der Waals surface area contributed by atoms with Gasteiger partial charge in [-0.3, -0.25) is 5.41 Å². The van der Waals surface area contributed by atoms with Gasteiger partial charge < -0.3 is 30.6 Å². The van der Waals surface area contributed by atoms with E-state index in [1.807, 2.05) is 61.5 Å². The summed E-state index contributed by atoms with van der Waals surface area (Å²) in [5.74, 6) is -1.53. The monoisotopic (exact) mass is 580 g/mol. The van der Waals surface area contributed by atoms with Crippen molar-refractivity contribution in [3.8, 4) is 0 Å². The van der Waals surface area contributed by atoms with Gasteiger partial charge in [-0.1, -0.05) is 61.5 Å². The molecule has 224 valence electrons. The zero-order chi connectivity index (χ0) is 30.5. The van der Waals surface area contributed by atoms with E-state index >= 15 is 0 Å². The maximum atomic E-state index is 13.7. The summed E-state index contributed by atoms with van der Waals surface area (Å²) in [6.45, 7) is 2.16. The van der Waals surface area contributed by atoms with Crippen LogP contribution in [0.5, 0.6) is 0 Å². The molecule has 0 spiro atoms. The number of aldehydes is 1. The van der Waals surface area contributed by atoms with Gasteiger partial charge in [0.1, 0.15) is 30.4 Å². The lowest BCUT2D eigenvalue weighted by molar-refractivity contribution is -0.108. The van der Waals surface area contributed by atoms with Gasteiger partial charge in [-0.25, -0.2) is 13.6 Å². The molecule has 0 bridgehead atoms. The Morgan fingerprint density at radius 3 is 2.36 bits per heavy atom. The normalized spacial score (nSPS) is 13.1. The number of rotatable bonds is 15. The van der Waals surface area contributed by atoms with E-state index < -0.39 is 35.9 Å². The Kier molecular flexibility index (Phi) is 12.6. The maximum Gasteiger partial charge on any atom is 0.408 e. The topological polar surface area (TPSA) is 129 Å². The van der Waals surface area contributed by atoms with Gasteiger partial charge in [-0.15, -0.1) is 0 Å². The zero-order valence-corrected chi connectivity index (χ0v) is 23.6. The third-order valence-corrected chi connectivity index (χ3v) is 6.82. The Hall–Kier alpha value is -4.15. The lowest BCUT2D eigenvalue weighted by atomic mass is 10.0. The molecule has 0 saturated carbocycles. The summed E-state index contributed by atoms with van der Waals surface area (Å²) in [6, 6.07) is 18.2. The van der Waals surface area contributed by atoms with Gasteiger partial charge in [0, 0.05) is 31.6 Å². The van der Waals surface area contributed by atoms with Crippen molar-refractivity contribution in [1.29, 1.82) is 5.41 Å². The molecule has 8 nitrogen and oxygen atoms in total. The molecule has 3 atom stereocenters. The van der Waals surface area contributed by atoms with E-state index in [9.17, 15) is 23.5 Å². The van der Waals surface area contributed by atoms with Crippen LogP contribution in [-0.2, 0) is 35.5 Å². The second-order valence-corrected chi connectivity index (χ2v) is 10.2. The Bertz CT molecular complexity index is 1300. The van der Waals surface area contributed by atoms with Crippen molar-refractivity contribution in [1.82, 2.24) is 10.2 Å². The van der Waals surface area contributed by atoms with Crippen LogP contribution in [0.15, 0.2) is 72.8 Å². The molecule has 3 rings (SSSR count). The molecule has 0 aromatic heterocycles. The van der Waals surface area contributed by atoms with E-state index in [1.54, 1.807) is 4.90 Å². The number of carbonyl (C=O) groups excluding carboxylic acids is 2. The van der Waals surface area contributed by atoms with Gasteiger partial charge in [0.15, 0.2) is 0 Å². The summed E-state index contributed by atoms with van der Waals surface area (Å²) in [7, 11) is 0. The standard InChI is InChI=1S/C32H38F2N4O4/c1-2-22-10-6-11-24(14-22)19-38(20-30(40)28(35)17-25-15-26(33)18-27(34)16-25)31(36)29(12-7-13-39)37-32(41)42-21-23-8-4-3-5-9-23/h3-6,8-11,13-16,18,28-30,36,40H,2,7,12,17,19-21,35H2,1H3,(H,37,41)/t28-,29-,30+/m0/s1. The van der Waals surface area contributed by atoms with Crippen molar-refractivity contribution in [2.24, 2.45) is 5.73 Å². The molecule has 1 amide bonds. The smallest absolute Gasteiger partial charge is 0.408 e. The first-order valence-corrected chi connectivity index (χ1v) is 13.9. The molecule has 0 unspecified atom stereocenters. The van der Waals surface area contributed by atoms with E-state index in [4.69, 9.17) is 15.9 Å². The summed E-state index contributed by atoms with van der Waals surface area (Å²) in [5.41, 5.74) is 9.28. The molecule has 0 radical (unpaired) electrons. The lowest BCUT2D eigenvalue weighted by Crippen LogP contribution is -2.52. The highest BCUT2D eigenvalue weighted by Crippen LogP contribution is 2.16. The fourth-order valence-corrected chi connectivity index (χ4v) is 4.55. The molecule has 0 aliphatic heterocycles. The van der Waals surface area contributed by atoms with Crippen LogP contribution in [0, 0.1) is 17.0 Å². The van der Waals surface area contributed by atoms with E-state index in [1.165, 1.54) is 0 Å². The first kappa shape index (κ1) is 32.4. The number of nitrogens with zero attached hydrogens (tertiary/aromatic N) is 1. The Balaban J connectivity index is 1.78. The third kappa shape index (κ3) is 10.4. The highest BCUT2D eigenvalue weighted by atomic mass is 19.1. The number of nitrogens with two attached hydrogens (primary N) is 1. The number of nitrogens with one attached hydrogen (secondary N) is 2. The van der Waals surface area contributed by atoms with E-state index in [2.05, 4.69) is 5.32 Å². The van der Waals surface area contributed by atoms with Crippen molar-refractivity contribution in [3.63, 3.8) is 0 Å². The molecule has 0 saturated heterocycles. The molecule has 3 aromatic rings. The number of amides is 1. The summed E-state index contributed by atoms with van der Waals surface area (Å²) in [6.07, 6.45) is -0.214. The van der Waals surface area contributed by atoms with Crippen LogP contribution in [-0.4, -0.2) is 53.0 Å².